The first kappa shape index (κ1) is 29.0. The molecule has 0 spiro atoms. The summed E-state index contributed by atoms with van der Waals surface area (Å²) in [4.78, 5) is 28.3. The molecule has 36 heavy (non-hydrogen) atoms. The molecule has 0 aromatic heterocycles. The van der Waals surface area contributed by atoms with Crippen LogP contribution in [0.5, 0.6) is 11.5 Å². The zero-order chi connectivity index (χ0) is 26.9. The summed E-state index contributed by atoms with van der Waals surface area (Å²) in [7, 11) is -0.771. The van der Waals surface area contributed by atoms with E-state index in [1.807, 2.05) is 32.9 Å². The van der Waals surface area contributed by atoms with Crippen molar-refractivity contribution in [2.75, 3.05) is 31.3 Å². The zero-order valence-corrected chi connectivity index (χ0v) is 22.7. The molecule has 0 bridgehead atoms. The summed E-state index contributed by atoms with van der Waals surface area (Å²) in [5.41, 5.74) is 1.08. The Hall–Kier alpha value is -3.27. The maximum atomic E-state index is 13.7. The van der Waals surface area contributed by atoms with Crippen LogP contribution in [-0.4, -0.2) is 64.2 Å². The Balaban J connectivity index is 2.44. The molecule has 0 aliphatic carbocycles. The maximum Gasteiger partial charge on any atom is 0.244 e. The molecule has 0 unspecified atom stereocenters. The Morgan fingerprint density at radius 3 is 2.14 bits per heavy atom. The number of nitrogens with zero attached hydrogens (tertiary/aromatic N) is 2. The number of rotatable bonds is 13. The molecule has 0 heterocycles. The van der Waals surface area contributed by atoms with Gasteiger partial charge in [0.05, 0.1) is 26.2 Å². The Bertz CT molecular complexity index is 1120. The molecular formula is C26H37N3O6S. The van der Waals surface area contributed by atoms with Crippen LogP contribution in [0.4, 0.5) is 5.69 Å². The number of anilines is 1. The molecule has 2 rings (SSSR count). The zero-order valence-electron chi connectivity index (χ0n) is 21.9. The first-order chi connectivity index (χ1) is 17.0. The Morgan fingerprint density at radius 2 is 1.61 bits per heavy atom. The van der Waals surface area contributed by atoms with E-state index in [9.17, 15) is 18.0 Å². The molecule has 2 amide bonds. The lowest BCUT2D eigenvalue weighted by atomic mass is 10.1. The summed E-state index contributed by atoms with van der Waals surface area (Å²) in [6.07, 6.45) is 2.15. The van der Waals surface area contributed by atoms with E-state index in [1.165, 1.54) is 12.0 Å². The summed E-state index contributed by atoms with van der Waals surface area (Å²) in [6, 6.07) is 12.8. The third-order valence-corrected chi connectivity index (χ3v) is 7.06. The van der Waals surface area contributed by atoms with Gasteiger partial charge < -0.3 is 19.7 Å². The van der Waals surface area contributed by atoms with E-state index in [4.69, 9.17) is 9.47 Å². The van der Waals surface area contributed by atoms with E-state index in [0.29, 0.717) is 23.6 Å². The number of sulfonamides is 1. The predicted molar refractivity (Wildman–Crippen MR) is 141 cm³/mol. The van der Waals surface area contributed by atoms with Gasteiger partial charge in [-0.05, 0) is 49.6 Å². The van der Waals surface area contributed by atoms with Gasteiger partial charge in [-0.2, -0.15) is 0 Å². The van der Waals surface area contributed by atoms with Crippen LogP contribution in [0.15, 0.2) is 48.5 Å². The lowest BCUT2D eigenvalue weighted by molar-refractivity contribution is -0.140. The van der Waals surface area contributed by atoms with Gasteiger partial charge in [-0.3, -0.25) is 13.9 Å². The number of carbonyl (C=O) groups excluding carboxylic acids is 2. The standard InChI is InChI=1S/C26H37N3O6S/c1-7-19(3)27-26(31)24(8-2)28(17-20-12-14-22(34-4)15-13-20)25(30)18-29(36(6,32)33)21-10-9-11-23(16-21)35-5/h9-16,19,24H,7-8,17-18H2,1-6H3,(H,27,31)/t19-,24+/m0/s1. The second-order valence-electron chi connectivity index (χ2n) is 8.58. The van der Waals surface area contributed by atoms with Crippen LogP contribution in [0.25, 0.3) is 0 Å². The smallest absolute Gasteiger partial charge is 0.244 e. The van der Waals surface area contributed by atoms with Gasteiger partial charge in [0.25, 0.3) is 0 Å². The monoisotopic (exact) mass is 519 g/mol. The Kier molecular flexibility index (Phi) is 10.6. The molecule has 10 heteroatoms. The second-order valence-corrected chi connectivity index (χ2v) is 10.5. The van der Waals surface area contributed by atoms with Gasteiger partial charge in [0.15, 0.2) is 0 Å². The van der Waals surface area contributed by atoms with Crippen molar-refractivity contribution in [2.45, 2.75) is 52.2 Å². The largest absolute Gasteiger partial charge is 0.497 e. The van der Waals surface area contributed by atoms with E-state index in [-0.39, 0.29) is 18.5 Å². The van der Waals surface area contributed by atoms with E-state index in [1.54, 1.807) is 43.5 Å². The molecule has 0 saturated heterocycles. The van der Waals surface area contributed by atoms with E-state index in [2.05, 4.69) is 5.32 Å². The number of hydrogen-bond acceptors (Lipinski definition) is 6. The van der Waals surface area contributed by atoms with Crippen LogP contribution in [0.3, 0.4) is 0 Å². The first-order valence-corrected chi connectivity index (χ1v) is 13.7. The van der Waals surface area contributed by atoms with Crippen LogP contribution in [0.2, 0.25) is 0 Å². The molecule has 0 fully saturated rings. The summed E-state index contributed by atoms with van der Waals surface area (Å²) < 4.78 is 36.9. The van der Waals surface area contributed by atoms with Gasteiger partial charge in [0.2, 0.25) is 21.8 Å². The molecule has 0 radical (unpaired) electrons. The van der Waals surface area contributed by atoms with Gasteiger partial charge in [-0.25, -0.2) is 8.42 Å². The van der Waals surface area contributed by atoms with Gasteiger partial charge >= 0.3 is 0 Å². The summed E-state index contributed by atoms with van der Waals surface area (Å²) >= 11 is 0. The topological polar surface area (TPSA) is 105 Å². The van der Waals surface area contributed by atoms with Crippen LogP contribution < -0.4 is 19.1 Å². The summed E-state index contributed by atoms with van der Waals surface area (Å²) in [5.74, 6) is 0.355. The Morgan fingerprint density at radius 1 is 0.972 bits per heavy atom. The highest BCUT2D eigenvalue weighted by Crippen LogP contribution is 2.24. The molecule has 2 atom stereocenters. The van der Waals surface area contributed by atoms with Crippen molar-refractivity contribution in [1.29, 1.82) is 0 Å². The normalized spacial score (nSPS) is 12.8. The van der Waals surface area contributed by atoms with Gasteiger partial charge in [-0.15, -0.1) is 0 Å². The Labute approximate surface area is 214 Å². The van der Waals surface area contributed by atoms with Crippen molar-refractivity contribution in [3.63, 3.8) is 0 Å². The number of carbonyl (C=O) groups is 2. The quantitative estimate of drug-likeness (QED) is 0.436. The summed E-state index contributed by atoms with van der Waals surface area (Å²) in [6.45, 7) is 5.35. The highest BCUT2D eigenvalue weighted by atomic mass is 32.2. The van der Waals surface area contributed by atoms with Crippen LogP contribution in [-0.2, 0) is 26.2 Å². The first-order valence-electron chi connectivity index (χ1n) is 11.9. The third kappa shape index (κ3) is 7.87. The van der Waals surface area contributed by atoms with Crippen LogP contribution in [0.1, 0.15) is 39.2 Å². The van der Waals surface area contributed by atoms with Gasteiger partial charge in [0, 0.05) is 18.7 Å². The predicted octanol–water partition coefficient (Wildman–Crippen LogP) is 3.19. The van der Waals surface area contributed by atoms with E-state index in [0.717, 1.165) is 22.5 Å². The minimum absolute atomic E-state index is 0.0613. The number of amides is 2. The number of benzene rings is 2. The van der Waals surface area contributed by atoms with Crippen molar-refractivity contribution in [1.82, 2.24) is 10.2 Å². The maximum absolute atomic E-state index is 13.7. The highest BCUT2D eigenvalue weighted by Gasteiger charge is 2.32. The van der Waals surface area contributed by atoms with Crippen molar-refractivity contribution >= 4 is 27.5 Å². The average Bonchev–Trinajstić information content (AvgIpc) is 2.86. The van der Waals surface area contributed by atoms with Crippen molar-refractivity contribution in [3.8, 4) is 11.5 Å². The molecule has 0 aliphatic rings. The number of nitrogens with one attached hydrogen (secondary N) is 1. The SMILES string of the molecule is CC[C@H](C(=O)N[C@@H](C)CC)N(Cc1ccc(OC)cc1)C(=O)CN(c1cccc(OC)c1)S(C)(=O)=O. The molecule has 0 aliphatic heterocycles. The molecule has 2 aromatic carbocycles. The molecular weight excluding hydrogens is 482 g/mol. The lowest BCUT2D eigenvalue weighted by Gasteiger charge is -2.33. The fraction of sp³-hybridized carbons (Fsp3) is 0.462. The molecule has 198 valence electrons. The van der Waals surface area contributed by atoms with Crippen molar-refractivity contribution in [3.05, 3.63) is 54.1 Å². The van der Waals surface area contributed by atoms with Crippen LogP contribution in [0, 0.1) is 0 Å². The van der Waals surface area contributed by atoms with E-state index < -0.39 is 28.5 Å². The number of methoxy groups -OCH3 is 2. The fourth-order valence-corrected chi connectivity index (χ4v) is 4.51. The molecule has 1 N–H and O–H groups in total. The van der Waals surface area contributed by atoms with E-state index >= 15 is 0 Å². The average molecular weight is 520 g/mol. The minimum atomic E-state index is -3.82. The molecule has 0 saturated carbocycles. The van der Waals surface area contributed by atoms with Gasteiger partial charge in [0.1, 0.15) is 24.1 Å². The summed E-state index contributed by atoms with van der Waals surface area (Å²) in [5, 5.41) is 2.95. The lowest BCUT2D eigenvalue weighted by Crippen LogP contribution is -2.53. The van der Waals surface area contributed by atoms with Gasteiger partial charge in [-0.1, -0.05) is 32.0 Å². The number of ether oxygens (including phenoxy) is 2. The number of hydrogen-bond donors (Lipinski definition) is 1. The van der Waals surface area contributed by atoms with Crippen molar-refractivity contribution in [2.24, 2.45) is 0 Å². The molecule has 9 nitrogen and oxygen atoms in total. The minimum Gasteiger partial charge on any atom is -0.497 e. The van der Waals surface area contributed by atoms with Crippen LogP contribution >= 0.6 is 0 Å². The highest BCUT2D eigenvalue weighted by molar-refractivity contribution is 7.92. The third-order valence-electron chi connectivity index (χ3n) is 5.92. The second kappa shape index (κ2) is 13.2. The fourth-order valence-electron chi connectivity index (χ4n) is 3.67. The van der Waals surface area contributed by atoms with Crippen molar-refractivity contribution < 1.29 is 27.5 Å². The molecule has 2 aromatic rings.